The van der Waals surface area contributed by atoms with Crippen LogP contribution in [0.4, 0.5) is 0 Å². The number of piperidine rings is 2. The van der Waals surface area contributed by atoms with Crippen molar-refractivity contribution in [3.05, 3.63) is 47.7 Å². The summed E-state index contributed by atoms with van der Waals surface area (Å²) in [6.45, 7) is 6.13. The van der Waals surface area contributed by atoms with E-state index in [0.717, 1.165) is 50.6 Å². The Bertz CT molecular complexity index is 1150. The summed E-state index contributed by atoms with van der Waals surface area (Å²) in [5.41, 5.74) is 1.01. The molecule has 2 amide bonds. The number of carbonyl (C=O) groups is 3. The Morgan fingerprint density at radius 2 is 1.66 bits per heavy atom. The number of ether oxygens (including phenoxy) is 2. The molecule has 1 aromatic rings. The van der Waals surface area contributed by atoms with Crippen molar-refractivity contribution >= 4 is 17.8 Å². The van der Waals surface area contributed by atoms with Crippen molar-refractivity contribution in [1.82, 2.24) is 9.80 Å². The Balaban J connectivity index is 1.35. The number of hydrogen-bond donors (Lipinski definition) is 0. The molecule has 2 saturated heterocycles. The molecule has 7 nitrogen and oxygen atoms in total. The third-order valence-electron chi connectivity index (χ3n) is 11.0. The number of fused-ring (bicyclic) bond motifs is 1. The third-order valence-corrected chi connectivity index (χ3v) is 11.0. The highest BCUT2D eigenvalue weighted by molar-refractivity contribution is 5.92. The first-order chi connectivity index (χ1) is 21.4. The molecule has 0 radical (unpaired) electrons. The summed E-state index contributed by atoms with van der Waals surface area (Å²) in [5.74, 6) is -0.0916. The van der Waals surface area contributed by atoms with Crippen LogP contribution in [0.3, 0.4) is 0 Å². The van der Waals surface area contributed by atoms with Gasteiger partial charge in [-0.1, -0.05) is 82.2 Å². The zero-order valence-electron chi connectivity index (χ0n) is 27.3. The van der Waals surface area contributed by atoms with Gasteiger partial charge in [-0.2, -0.15) is 0 Å². The van der Waals surface area contributed by atoms with E-state index in [0.29, 0.717) is 31.5 Å². The number of likely N-dealkylation sites (tertiary alicyclic amines) is 2. The summed E-state index contributed by atoms with van der Waals surface area (Å²) < 4.78 is 12.1. The first-order valence-electron chi connectivity index (χ1n) is 17.5. The Morgan fingerprint density at radius 1 is 0.977 bits per heavy atom. The average Bonchev–Trinajstić information content (AvgIpc) is 3.60. The van der Waals surface area contributed by atoms with E-state index in [9.17, 15) is 14.4 Å². The number of carbonyl (C=O) groups excluding carboxylic acids is 3. The predicted octanol–water partition coefficient (Wildman–Crippen LogP) is 7.01. The molecule has 3 heterocycles. The number of rotatable bonds is 12. The zero-order valence-corrected chi connectivity index (χ0v) is 27.3. The van der Waals surface area contributed by atoms with E-state index in [1.165, 1.54) is 44.8 Å². The van der Waals surface area contributed by atoms with E-state index >= 15 is 0 Å². The lowest BCUT2D eigenvalue weighted by atomic mass is 9.66. The first kappa shape index (κ1) is 32.7. The molecule has 5 rings (SSSR count). The van der Waals surface area contributed by atoms with Crippen molar-refractivity contribution in [1.29, 1.82) is 0 Å². The molecule has 4 aliphatic rings. The minimum Gasteiger partial charge on any atom is -0.468 e. The van der Waals surface area contributed by atoms with E-state index in [-0.39, 0.29) is 36.7 Å². The summed E-state index contributed by atoms with van der Waals surface area (Å²) in [4.78, 5) is 45.6. The van der Waals surface area contributed by atoms with Gasteiger partial charge < -0.3 is 19.3 Å². The second-order valence-corrected chi connectivity index (χ2v) is 13.7. The summed E-state index contributed by atoms with van der Waals surface area (Å²) in [7, 11) is 1.43. The average molecular weight is 607 g/mol. The van der Waals surface area contributed by atoms with Crippen LogP contribution in [0.2, 0.25) is 0 Å². The quantitative estimate of drug-likeness (QED) is 0.189. The largest absolute Gasteiger partial charge is 0.468 e. The summed E-state index contributed by atoms with van der Waals surface area (Å²) in [6.07, 6.45) is 15.0. The Hall–Kier alpha value is -2.67. The second-order valence-electron chi connectivity index (χ2n) is 13.7. The number of hydrogen-bond acceptors (Lipinski definition) is 5. The Morgan fingerprint density at radius 3 is 2.34 bits per heavy atom. The fourth-order valence-electron chi connectivity index (χ4n) is 8.36. The van der Waals surface area contributed by atoms with E-state index in [4.69, 9.17) is 9.47 Å². The highest BCUT2D eigenvalue weighted by Crippen LogP contribution is 2.52. The molecule has 0 bridgehead atoms. The maximum Gasteiger partial charge on any atom is 0.320 e. The van der Waals surface area contributed by atoms with E-state index in [1.54, 1.807) is 0 Å². The number of methoxy groups -OCH3 is 1. The maximum absolute atomic E-state index is 14.3. The lowest BCUT2D eigenvalue weighted by Gasteiger charge is -2.52. The molecule has 44 heavy (non-hydrogen) atoms. The fraction of sp³-hybridized carbons (Fsp3) is 0.703. The van der Waals surface area contributed by atoms with Gasteiger partial charge in [-0.25, -0.2) is 0 Å². The molecule has 1 saturated carbocycles. The van der Waals surface area contributed by atoms with Crippen LogP contribution in [0.1, 0.15) is 115 Å². The van der Waals surface area contributed by atoms with Crippen LogP contribution in [0.25, 0.3) is 0 Å². The number of amides is 2. The van der Waals surface area contributed by atoms with Gasteiger partial charge in [-0.15, -0.1) is 0 Å². The van der Waals surface area contributed by atoms with Crippen LogP contribution in [0.5, 0.6) is 0 Å². The van der Waals surface area contributed by atoms with Gasteiger partial charge in [0.25, 0.3) is 0 Å². The lowest BCUT2D eigenvalue weighted by molar-refractivity contribution is -0.178. The van der Waals surface area contributed by atoms with Crippen LogP contribution >= 0.6 is 0 Å². The van der Waals surface area contributed by atoms with Crippen molar-refractivity contribution in [2.75, 3.05) is 26.7 Å². The molecule has 0 N–H and O–H groups in total. The van der Waals surface area contributed by atoms with Crippen molar-refractivity contribution in [2.24, 2.45) is 17.3 Å². The van der Waals surface area contributed by atoms with Gasteiger partial charge in [-0.3, -0.25) is 14.4 Å². The third kappa shape index (κ3) is 6.93. The second kappa shape index (κ2) is 15.1. The Kier molecular flexibility index (Phi) is 11.2. The molecular formula is C37H54N2O5. The van der Waals surface area contributed by atoms with Crippen LogP contribution in [-0.4, -0.2) is 66.5 Å². The van der Waals surface area contributed by atoms with Gasteiger partial charge in [0.1, 0.15) is 5.41 Å². The maximum atomic E-state index is 14.3. The molecule has 1 aromatic carbocycles. The van der Waals surface area contributed by atoms with E-state index in [2.05, 4.69) is 37.3 Å². The molecule has 1 aliphatic carbocycles. The van der Waals surface area contributed by atoms with Gasteiger partial charge in [0.15, 0.2) is 0 Å². The van der Waals surface area contributed by atoms with E-state index < -0.39 is 17.4 Å². The molecule has 0 aromatic heterocycles. The molecule has 7 heteroatoms. The van der Waals surface area contributed by atoms with Gasteiger partial charge in [0.05, 0.1) is 19.3 Å². The number of esters is 1. The summed E-state index contributed by atoms with van der Waals surface area (Å²) >= 11 is 0. The summed E-state index contributed by atoms with van der Waals surface area (Å²) in [6, 6.07) is 10.5. The molecule has 0 spiro atoms. The van der Waals surface area contributed by atoms with Crippen LogP contribution in [-0.2, 0) is 23.9 Å². The minimum atomic E-state index is -1.09. The summed E-state index contributed by atoms with van der Waals surface area (Å²) in [5, 5.41) is 0. The van der Waals surface area contributed by atoms with Crippen LogP contribution < -0.4 is 0 Å². The van der Waals surface area contributed by atoms with Crippen LogP contribution in [0.15, 0.2) is 42.1 Å². The first-order valence-corrected chi connectivity index (χ1v) is 17.5. The van der Waals surface area contributed by atoms with Crippen molar-refractivity contribution in [2.45, 2.75) is 122 Å². The van der Waals surface area contributed by atoms with Crippen LogP contribution in [0, 0.1) is 17.3 Å². The van der Waals surface area contributed by atoms with Gasteiger partial charge in [0, 0.05) is 37.7 Å². The van der Waals surface area contributed by atoms with Gasteiger partial charge in [0.2, 0.25) is 11.8 Å². The predicted molar refractivity (Wildman–Crippen MR) is 172 cm³/mol. The smallest absolute Gasteiger partial charge is 0.320 e. The molecule has 3 aliphatic heterocycles. The SMILES string of the molecule is CCCCCCCCN1C(=O)[C@@H](CC(=O)N2CCC(c3ccccc3)CC2)C[C@@]2(C(=O)OC)C1=C[C@H](C1CCCC1)O[C@@H]2C. The monoisotopic (exact) mass is 606 g/mol. The normalized spacial score (nSPS) is 28.1. The molecule has 0 unspecified atom stereocenters. The van der Waals surface area contributed by atoms with Crippen molar-refractivity contribution in [3.63, 3.8) is 0 Å². The molecule has 4 atom stereocenters. The van der Waals surface area contributed by atoms with Gasteiger partial charge in [-0.05, 0) is 68.9 Å². The van der Waals surface area contributed by atoms with Crippen molar-refractivity contribution in [3.8, 4) is 0 Å². The topological polar surface area (TPSA) is 76.2 Å². The van der Waals surface area contributed by atoms with Gasteiger partial charge >= 0.3 is 5.97 Å². The lowest BCUT2D eigenvalue weighted by Crippen LogP contribution is -2.61. The number of nitrogens with zero attached hydrogens (tertiary/aromatic N) is 2. The Labute approximate surface area is 264 Å². The molecule has 3 fully saturated rings. The molecule has 242 valence electrons. The number of benzene rings is 1. The number of unbranched alkanes of at least 4 members (excludes halogenated alkanes) is 5. The minimum absolute atomic E-state index is 0.00929. The fourth-order valence-corrected chi connectivity index (χ4v) is 8.36. The van der Waals surface area contributed by atoms with E-state index in [1.807, 2.05) is 22.8 Å². The zero-order chi connectivity index (χ0) is 31.1. The van der Waals surface area contributed by atoms with Crippen molar-refractivity contribution < 1.29 is 23.9 Å². The highest BCUT2D eigenvalue weighted by atomic mass is 16.5. The highest BCUT2D eigenvalue weighted by Gasteiger charge is 2.60. The molecular weight excluding hydrogens is 552 g/mol. The standard InChI is InChI=1S/C37H54N2O5/c1-4-5-6-7-8-14-21-39-33-25-32(30-17-12-13-18-30)44-27(2)37(33,36(42)43-3)26-31(35(39)41)24-34(40)38-22-19-29(20-23-38)28-15-10-9-11-16-28/h9-11,15-16,25,27,29-32H,4-8,12-14,17-24,26H2,1-3H3/t27-,31+,32-,37+/m1/s1.